The number of aryl methyl sites for hydroxylation is 1. The zero-order chi connectivity index (χ0) is 18.5. The third-order valence-electron chi connectivity index (χ3n) is 3.65. The van der Waals surface area contributed by atoms with Crippen LogP contribution in [0.2, 0.25) is 10.0 Å². The van der Waals surface area contributed by atoms with Crippen molar-refractivity contribution in [3.05, 3.63) is 57.5 Å². The predicted molar refractivity (Wildman–Crippen MR) is 105 cm³/mol. The van der Waals surface area contributed by atoms with Gasteiger partial charge in [-0.1, -0.05) is 29.3 Å². The van der Waals surface area contributed by atoms with Crippen molar-refractivity contribution in [3.63, 3.8) is 0 Å². The lowest BCUT2D eigenvalue weighted by Crippen LogP contribution is -2.32. The van der Waals surface area contributed by atoms with E-state index < -0.39 is 0 Å². The number of hydrogen-bond acceptors (Lipinski definition) is 4. The number of aromatic nitrogens is 2. The first-order valence-corrected chi connectivity index (χ1v) is 9.59. The molecular formula is C18H17Cl2N3O2S. The second-order valence-corrected chi connectivity index (χ2v) is 7.38. The van der Waals surface area contributed by atoms with Gasteiger partial charge in [0.05, 0.1) is 16.4 Å². The highest BCUT2D eigenvalue weighted by atomic mass is 35.5. The molecule has 1 N–H and O–H groups in total. The summed E-state index contributed by atoms with van der Waals surface area (Å²) in [6.07, 6.45) is 0. The van der Waals surface area contributed by atoms with E-state index in [0.29, 0.717) is 28.9 Å². The number of carbonyl (C=O) groups excluding carboxylic acids is 1. The third-order valence-corrected chi connectivity index (χ3v) is 5.08. The quantitative estimate of drug-likeness (QED) is 0.627. The zero-order valence-electron chi connectivity index (χ0n) is 14.0. The Hall–Kier alpha value is -2.02. The van der Waals surface area contributed by atoms with Crippen molar-refractivity contribution in [1.29, 1.82) is 0 Å². The highest BCUT2D eigenvalue weighted by Crippen LogP contribution is 2.27. The summed E-state index contributed by atoms with van der Waals surface area (Å²) >= 11 is 13.5. The number of ether oxygens (including phenoxy) is 1. The lowest BCUT2D eigenvalue weighted by molar-refractivity contribution is -0.123. The van der Waals surface area contributed by atoms with Crippen LogP contribution in [0.25, 0.3) is 10.6 Å². The number of nitrogens with zero attached hydrogens (tertiary/aromatic N) is 2. The topological polar surface area (TPSA) is 56.2 Å². The number of carbonyl (C=O) groups is 1. The van der Waals surface area contributed by atoms with Gasteiger partial charge in [-0.3, -0.25) is 9.48 Å². The normalized spacial score (nSPS) is 10.7. The summed E-state index contributed by atoms with van der Waals surface area (Å²) in [5.74, 6) is 0.203. The van der Waals surface area contributed by atoms with E-state index in [-0.39, 0.29) is 12.5 Å². The van der Waals surface area contributed by atoms with E-state index in [0.717, 1.165) is 16.3 Å². The van der Waals surface area contributed by atoms with E-state index in [1.165, 1.54) is 0 Å². The molecular weight excluding hydrogens is 393 g/mol. The van der Waals surface area contributed by atoms with E-state index in [1.807, 2.05) is 35.2 Å². The van der Waals surface area contributed by atoms with Crippen molar-refractivity contribution in [3.8, 4) is 16.3 Å². The lowest BCUT2D eigenvalue weighted by Gasteiger charge is -2.09. The van der Waals surface area contributed by atoms with Crippen molar-refractivity contribution in [1.82, 2.24) is 15.1 Å². The summed E-state index contributed by atoms with van der Waals surface area (Å²) in [5.41, 5.74) is 2.00. The van der Waals surface area contributed by atoms with Crippen LogP contribution in [0, 0.1) is 6.92 Å². The smallest absolute Gasteiger partial charge is 0.258 e. The van der Waals surface area contributed by atoms with Crippen molar-refractivity contribution in [2.75, 3.05) is 13.2 Å². The van der Waals surface area contributed by atoms with E-state index in [9.17, 15) is 4.79 Å². The lowest BCUT2D eigenvalue weighted by atomic mass is 10.3. The molecule has 2 heterocycles. The molecule has 136 valence electrons. The maximum atomic E-state index is 11.9. The number of benzene rings is 1. The average Bonchev–Trinajstić information content (AvgIpc) is 3.24. The second-order valence-electron chi connectivity index (χ2n) is 5.58. The molecule has 26 heavy (non-hydrogen) atoms. The van der Waals surface area contributed by atoms with Crippen LogP contribution in [0.1, 0.15) is 5.69 Å². The number of nitrogens with one attached hydrogen (secondary N) is 1. The summed E-state index contributed by atoms with van der Waals surface area (Å²) in [6.45, 7) is 2.94. The molecule has 3 rings (SSSR count). The van der Waals surface area contributed by atoms with Crippen LogP contribution < -0.4 is 10.1 Å². The Labute approximate surface area is 165 Å². The minimum absolute atomic E-state index is 0.111. The standard InChI is InChI=1S/C18H17Cl2N3O2S/c1-12-9-15(17-3-2-8-26-17)22-23(12)7-6-21-18(24)11-25-16-5-4-13(19)10-14(16)20/h2-5,8-10H,6-7,11H2,1H3,(H,21,24). The Morgan fingerprint density at radius 1 is 1.31 bits per heavy atom. The molecule has 1 aromatic carbocycles. The highest BCUT2D eigenvalue weighted by Gasteiger charge is 2.09. The largest absolute Gasteiger partial charge is 0.482 e. The molecule has 0 spiro atoms. The van der Waals surface area contributed by atoms with Gasteiger partial charge in [-0.2, -0.15) is 5.10 Å². The Balaban J connectivity index is 1.46. The van der Waals surface area contributed by atoms with Crippen LogP contribution in [0.3, 0.4) is 0 Å². The van der Waals surface area contributed by atoms with Gasteiger partial charge in [0, 0.05) is 17.3 Å². The summed E-state index contributed by atoms with van der Waals surface area (Å²) < 4.78 is 7.29. The molecule has 0 atom stereocenters. The van der Waals surface area contributed by atoms with Gasteiger partial charge in [-0.15, -0.1) is 11.3 Å². The number of hydrogen-bond donors (Lipinski definition) is 1. The third kappa shape index (κ3) is 4.78. The van der Waals surface area contributed by atoms with Gasteiger partial charge >= 0.3 is 0 Å². The fraction of sp³-hybridized carbons (Fsp3) is 0.222. The Morgan fingerprint density at radius 2 is 2.15 bits per heavy atom. The Kier molecular flexibility index (Phi) is 6.19. The van der Waals surface area contributed by atoms with Gasteiger partial charge in [0.25, 0.3) is 5.91 Å². The first-order chi connectivity index (χ1) is 12.5. The summed E-state index contributed by atoms with van der Waals surface area (Å²) in [4.78, 5) is 13.1. The van der Waals surface area contributed by atoms with Crippen molar-refractivity contribution in [2.24, 2.45) is 0 Å². The van der Waals surface area contributed by atoms with Gasteiger partial charge in [-0.05, 0) is 42.6 Å². The van der Waals surface area contributed by atoms with Crippen LogP contribution in [0.5, 0.6) is 5.75 Å². The minimum atomic E-state index is -0.223. The van der Waals surface area contributed by atoms with Crippen molar-refractivity contribution in [2.45, 2.75) is 13.5 Å². The molecule has 0 bridgehead atoms. The number of rotatable bonds is 7. The zero-order valence-corrected chi connectivity index (χ0v) is 16.4. The Bertz CT molecular complexity index is 894. The van der Waals surface area contributed by atoms with E-state index in [4.69, 9.17) is 27.9 Å². The molecule has 0 saturated heterocycles. The van der Waals surface area contributed by atoms with Gasteiger partial charge in [0.1, 0.15) is 11.4 Å². The number of thiophene rings is 1. The summed E-state index contributed by atoms with van der Waals surface area (Å²) in [6, 6.07) is 10.9. The first-order valence-electron chi connectivity index (χ1n) is 7.96. The molecule has 3 aromatic rings. The predicted octanol–water partition coefficient (Wildman–Crippen LogP) is 4.42. The van der Waals surface area contributed by atoms with Crippen LogP contribution in [-0.4, -0.2) is 28.8 Å². The van der Waals surface area contributed by atoms with Crippen LogP contribution in [-0.2, 0) is 11.3 Å². The fourth-order valence-corrected chi connectivity index (χ4v) is 3.51. The monoisotopic (exact) mass is 409 g/mol. The van der Waals surface area contributed by atoms with Gasteiger partial charge in [-0.25, -0.2) is 0 Å². The SMILES string of the molecule is Cc1cc(-c2cccs2)nn1CCNC(=O)COc1ccc(Cl)cc1Cl. The molecule has 0 unspecified atom stereocenters. The van der Waals surface area contributed by atoms with Gasteiger partial charge < -0.3 is 10.1 Å². The molecule has 2 aromatic heterocycles. The van der Waals surface area contributed by atoms with E-state index in [2.05, 4.69) is 10.4 Å². The Morgan fingerprint density at radius 3 is 2.88 bits per heavy atom. The molecule has 0 fully saturated rings. The molecule has 8 heteroatoms. The molecule has 0 aliphatic carbocycles. The summed E-state index contributed by atoms with van der Waals surface area (Å²) in [5, 5.41) is 10.3. The second kappa shape index (κ2) is 8.58. The van der Waals surface area contributed by atoms with Crippen molar-refractivity contribution >= 4 is 40.4 Å². The molecule has 0 aliphatic heterocycles. The highest BCUT2D eigenvalue weighted by molar-refractivity contribution is 7.13. The van der Waals surface area contributed by atoms with Crippen LogP contribution in [0.4, 0.5) is 0 Å². The minimum Gasteiger partial charge on any atom is -0.482 e. The van der Waals surface area contributed by atoms with Crippen molar-refractivity contribution < 1.29 is 9.53 Å². The summed E-state index contributed by atoms with van der Waals surface area (Å²) in [7, 11) is 0. The van der Waals surface area contributed by atoms with E-state index >= 15 is 0 Å². The maximum absolute atomic E-state index is 11.9. The maximum Gasteiger partial charge on any atom is 0.258 e. The van der Waals surface area contributed by atoms with Gasteiger partial charge in [0.15, 0.2) is 6.61 Å². The molecule has 5 nitrogen and oxygen atoms in total. The average molecular weight is 410 g/mol. The van der Waals surface area contributed by atoms with Gasteiger partial charge in [0.2, 0.25) is 0 Å². The molecule has 0 aliphatic rings. The number of halogens is 2. The fourth-order valence-electron chi connectivity index (χ4n) is 2.37. The molecule has 0 radical (unpaired) electrons. The van der Waals surface area contributed by atoms with Crippen LogP contribution in [0.15, 0.2) is 41.8 Å². The number of amides is 1. The van der Waals surface area contributed by atoms with Crippen LogP contribution >= 0.6 is 34.5 Å². The van der Waals surface area contributed by atoms with E-state index in [1.54, 1.807) is 29.5 Å². The molecule has 1 amide bonds. The first kappa shape index (κ1) is 18.8. The molecule has 0 saturated carbocycles.